The van der Waals surface area contributed by atoms with Gasteiger partial charge < -0.3 is 20.1 Å². The van der Waals surface area contributed by atoms with Crippen molar-refractivity contribution in [2.45, 2.75) is 13.0 Å². The predicted molar refractivity (Wildman–Crippen MR) is 115 cm³/mol. The van der Waals surface area contributed by atoms with Gasteiger partial charge in [-0.1, -0.05) is 42.5 Å². The molecule has 150 valence electrons. The van der Waals surface area contributed by atoms with E-state index < -0.39 is 0 Å². The molecule has 0 aromatic heterocycles. The minimum absolute atomic E-state index is 0.0442. The van der Waals surface area contributed by atoms with Gasteiger partial charge in [0.25, 0.3) is 0 Å². The summed E-state index contributed by atoms with van der Waals surface area (Å²) in [4.78, 5) is 12.0. The van der Waals surface area contributed by atoms with Gasteiger partial charge in [0.1, 0.15) is 18.1 Å². The first-order valence-corrected chi connectivity index (χ1v) is 9.63. The van der Waals surface area contributed by atoms with Crippen LogP contribution in [0, 0.1) is 0 Å². The average molecular weight is 390 g/mol. The van der Waals surface area contributed by atoms with Gasteiger partial charge in [0.05, 0.1) is 13.7 Å². The molecule has 0 spiro atoms. The Balaban J connectivity index is 1.36. The fourth-order valence-electron chi connectivity index (χ4n) is 2.83. The molecule has 3 aromatic carbocycles. The SMILES string of the molecule is COc1cccc(CCNC(=O)CNc2ccc(OCc3ccccc3)cc2)c1. The number of carbonyl (C=O) groups excluding carboxylic acids is 1. The van der Waals surface area contributed by atoms with Gasteiger partial charge >= 0.3 is 0 Å². The maximum Gasteiger partial charge on any atom is 0.239 e. The van der Waals surface area contributed by atoms with Crippen molar-refractivity contribution >= 4 is 11.6 Å². The van der Waals surface area contributed by atoms with Crippen LogP contribution >= 0.6 is 0 Å². The zero-order valence-corrected chi connectivity index (χ0v) is 16.6. The number of nitrogens with one attached hydrogen (secondary N) is 2. The van der Waals surface area contributed by atoms with Crippen LogP contribution in [0.1, 0.15) is 11.1 Å². The van der Waals surface area contributed by atoms with E-state index in [0.29, 0.717) is 13.2 Å². The standard InChI is InChI=1S/C24H26N2O3/c1-28-23-9-5-8-19(16-23)14-15-25-24(27)17-26-21-10-12-22(13-11-21)29-18-20-6-3-2-4-7-20/h2-13,16,26H,14-15,17-18H2,1H3,(H,25,27). The summed E-state index contributed by atoms with van der Waals surface area (Å²) in [6.07, 6.45) is 0.760. The van der Waals surface area contributed by atoms with Crippen LogP contribution in [0.3, 0.4) is 0 Å². The van der Waals surface area contributed by atoms with Crippen LogP contribution in [-0.4, -0.2) is 26.1 Å². The van der Waals surface area contributed by atoms with Crippen LogP contribution in [0.5, 0.6) is 11.5 Å². The van der Waals surface area contributed by atoms with E-state index in [2.05, 4.69) is 10.6 Å². The summed E-state index contributed by atoms with van der Waals surface area (Å²) >= 11 is 0. The first-order valence-electron chi connectivity index (χ1n) is 9.63. The van der Waals surface area contributed by atoms with Gasteiger partial charge in [-0.2, -0.15) is 0 Å². The Labute approximate surface area is 171 Å². The highest BCUT2D eigenvalue weighted by molar-refractivity contribution is 5.80. The van der Waals surface area contributed by atoms with E-state index in [1.807, 2.05) is 78.9 Å². The fraction of sp³-hybridized carbons (Fsp3) is 0.208. The molecule has 1 amide bonds. The molecule has 0 heterocycles. The lowest BCUT2D eigenvalue weighted by atomic mass is 10.1. The lowest BCUT2D eigenvalue weighted by Gasteiger charge is -2.10. The molecule has 0 aliphatic heterocycles. The highest BCUT2D eigenvalue weighted by Gasteiger charge is 2.03. The summed E-state index contributed by atoms with van der Waals surface area (Å²) < 4.78 is 11.0. The Morgan fingerprint density at radius 3 is 2.38 bits per heavy atom. The maximum atomic E-state index is 12.0. The Morgan fingerprint density at radius 2 is 1.62 bits per heavy atom. The van der Waals surface area contributed by atoms with Crippen molar-refractivity contribution in [1.82, 2.24) is 5.32 Å². The normalized spacial score (nSPS) is 10.2. The Morgan fingerprint density at radius 1 is 0.862 bits per heavy atom. The molecule has 0 atom stereocenters. The minimum Gasteiger partial charge on any atom is -0.497 e. The lowest BCUT2D eigenvalue weighted by molar-refractivity contribution is -0.119. The van der Waals surface area contributed by atoms with Gasteiger partial charge in [-0.3, -0.25) is 4.79 Å². The van der Waals surface area contributed by atoms with Crippen LogP contribution in [-0.2, 0) is 17.8 Å². The second kappa shape index (κ2) is 10.8. The second-order valence-electron chi connectivity index (χ2n) is 6.60. The number of hydrogen-bond acceptors (Lipinski definition) is 4. The maximum absolute atomic E-state index is 12.0. The molecule has 0 saturated carbocycles. The van der Waals surface area contributed by atoms with E-state index in [1.165, 1.54) is 0 Å². The zero-order valence-electron chi connectivity index (χ0n) is 16.6. The van der Waals surface area contributed by atoms with Crippen molar-refractivity contribution in [3.63, 3.8) is 0 Å². The first kappa shape index (κ1) is 20.3. The summed E-state index contributed by atoms with van der Waals surface area (Å²) in [7, 11) is 1.65. The minimum atomic E-state index is -0.0442. The molecule has 5 heteroatoms. The highest BCUT2D eigenvalue weighted by Crippen LogP contribution is 2.17. The summed E-state index contributed by atoms with van der Waals surface area (Å²) in [5.74, 6) is 1.58. The Hall–Kier alpha value is -3.47. The van der Waals surface area contributed by atoms with Gasteiger partial charge in [-0.25, -0.2) is 0 Å². The third-order valence-electron chi connectivity index (χ3n) is 4.43. The molecule has 0 aliphatic rings. The van der Waals surface area contributed by atoms with Crippen LogP contribution in [0.2, 0.25) is 0 Å². The van der Waals surface area contributed by atoms with Gasteiger partial charge in [-0.05, 0) is 53.9 Å². The lowest BCUT2D eigenvalue weighted by Crippen LogP contribution is -2.31. The van der Waals surface area contributed by atoms with Gasteiger partial charge in [0, 0.05) is 12.2 Å². The van der Waals surface area contributed by atoms with Crippen LogP contribution in [0.25, 0.3) is 0 Å². The number of methoxy groups -OCH3 is 1. The van der Waals surface area contributed by atoms with E-state index in [1.54, 1.807) is 7.11 Å². The van der Waals surface area contributed by atoms with E-state index in [0.717, 1.165) is 34.7 Å². The quantitative estimate of drug-likeness (QED) is 0.548. The fourth-order valence-corrected chi connectivity index (χ4v) is 2.83. The summed E-state index contributed by atoms with van der Waals surface area (Å²) in [6.45, 7) is 1.34. The number of anilines is 1. The number of carbonyl (C=O) groups is 1. The molecule has 2 N–H and O–H groups in total. The monoisotopic (exact) mass is 390 g/mol. The van der Waals surface area contributed by atoms with E-state index in [4.69, 9.17) is 9.47 Å². The highest BCUT2D eigenvalue weighted by atomic mass is 16.5. The number of hydrogen-bond donors (Lipinski definition) is 2. The van der Waals surface area contributed by atoms with E-state index in [9.17, 15) is 4.79 Å². The van der Waals surface area contributed by atoms with Crippen LogP contribution < -0.4 is 20.1 Å². The summed E-state index contributed by atoms with van der Waals surface area (Å²) in [5.41, 5.74) is 3.13. The summed E-state index contributed by atoms with van der Waals surface area (Å²) in [5, 5.41) is 6.05. The molecular formula is C24H26N2O3. The number of rotatable bonds is 10. The average Bonchev–Trinajstić information content (AvgIpc) is 2.78. The zero-order chi connectivity index (χ0) is 20.3. The number of benzene rings is 3. The second-order valence-corrected chi connectivity index (χ2v) is 6.60. The third kappa shape index (κ3) is 6.88. The van der Waals surface area contributed by atoms with E-state index >= 15 is 0 Å². The third-order valence-corrected chi connectivity index (χ3v) is 4.43. The molecule has 5 nitrogen and oxygen atoms in total. The molecule has 0 bridgehead atoms. The molecule has 0 aliphatic carbocycles. The molecule has 0 radical (unpaired) electrons. The van der Waals surface area contributed by atoms with Crippen molar-refractivity contribution in [1.29, 1.82) is 0 Å². The molecule has 3 rings (SSSR count). The van der Waals surface area contributed by atoms with Crippen molar-refractivity contribution in [2.75, 3.05) is 25.5 Å². The smallest absolute Gasteiger partial charge is 0.239 e. The van der Waals surface area contributed by atoms with Crippen LogP contribution in [0.15, 0.2) is 78.9 Å². The van der Waals surface area contributed by atoms with E-state index in [-0.39, 0.29) is 12.5 Å². The molecular weight excluding hydrogens is 364 g/mol. The first-order chi connectivity index (χ1) is 14.2. The van der Waals surface area contributed by atoms with Crippen molar-refractivity contribution in [3.05, 3.63) is 90.0 Å². The van der Waals surface area contributed by atoms with Crippen molar-refractivity contribution < 1.29 is 14.3 Å². The molecule has 29 heavy (non-hydrogen) atoms. The summed E-state index contributed by atoms with van der Waals surface area (Å²) in [6, 6.07) is 25.5. The number of ether oxygens (including phenoxy) is 2. The van der Waals surface area contributed by atoms with Crippen LogP contribution in [0.4, 0.5) is 5.69 Å². The van der Waals surface area contributed by atoms with Gasteiger partial charge in [-0.15, -0.1) is 0 Å². The Kier molecular flexibility index (Phi) is 7.52. The largest absolute Gasteiger partial charge is 0.497 e. The molecule has 0 saturated heterocycles. The van der Waals surface area contributed by atoms with Crippen molar-refractivity contribution in [3.8, 4) is 11.5 Å². The molecule has 3 aromatic rings. The van der Waals surface area contributed by atoms with Gasteiger partial charge in [0.2, 0.25) is 5.91 Å². The topological polar surface area (TPSA) is 59.6 Å². The predicted octanol–water partition coefficient (Wildman–Crippen LogP) is 4.05. The van der Waals surface area contributed by atoms with Gasteiger partial charge in [0.15, 0.2) is 0 Å². The Bertz CT molecular complexity index is 896. The number of amides is 1. The molecule has 0 unspecified atom stereocenters. The molecule has 0 fully saturated rings. The van der Waals surface area contributed by atoms with Crippen molar-refractivity contribution in [2.24, 2.45) is 0 Å².